The maximum Gasteiger partial charge on any atom is 0.189 e. The molecule has 0 aliphatic rings. The minimum absolute atomic E-state index is 0.990. The normalized spacial score (nSPS) is 10.2. The molecule has 2 aromatic rings. The number of thioether (sulfide) groups is 1. The highest BCUT2D eigenvalue weighted by atomic mass is 32.2. The molecular formula is C13H14NS+. The van der Waals surface area contributed by atoms with Crippen LogP contribution in [0.2, 0.25) is 0 Å². The van der Waals surface area contributed by atoms with Crippen LogP contribution in [0.15, 0.2) is 53.6 Å². The number of benzene rings is 1. The lowest BCUT2D eigenvalue weighted by Gasteiger charge is -1.98. The second kappa shape index (κ2) is 4.99. The van der Waals surface area contributed by atoms with E-state index in [2.05, 4.69) is 48.3 Å². The maximum absolute atomic E-state index is 3.23. The van der Waals surface area contributed by atoms with Crippen molar-refractivity contribution in [3.05, 3.63) is 59.9 Å². The first-order valence-corrected chi connectivity index (χ1v) is 5.98. The fourth-order valence-corrected chi connectivity index (χ4v) is 2.15. The molecule has 0 atom stereocenters. The van der Waals surface area contributed by atoms with Crippen LogP contribution in [0.5, 0.6) is 0 Å². The van der Waals surface area contributed by atoms with Gasteiger partial charge in [-0.25, -0.2) is 4.98 Å². The quantitative estimate of drug-likeness (QED) is 0.719. The summed E-state index contributed by atoms with van der Waals surface area (Å²) < 4.78 is 0. The average molecular weight is 216 g/mol. The molecule has 0 unspecified atom stereocenters. The number of H-pyrrole nitrogens is 1. The summed E-state index contributed by atoms with van der Waals surface area (Å²) in [6.07, 6.45) is 1.96. The first-order chi connectivity index (χ1) is 7.34. The Labute approximate surface area is 94.6 Å². The molecule has 2 rings (SSSR count). The molecule has 1 aromatic carbocycles. The van der Waals surface area contributed by atoms with Crippen LogP contribution in [0, 0.1) is 6.92 Å². The number of rotatable bonds is 3. The summed E-state index contributed by atoms with van der Waals surface area (Å²) in [5.41, 5.74) is 2.56. The van der Waals surface area contributed by atoms with E-state index in [1.54, 1.807) is 0 Å². The number of nitrogens with one attached hydrogen (secondary N) is 1. The zero-order chi connectivity index (χ0) is 10.5. The standard InChI is InChI=1S/C13H13NS/c1-11-5-7-13(8-6-11)15-10-12-4-2-3-9-14-12/h2-9H,10H2,1H3/p+1. The van der Waals surface area contributed by atoms with E-state index >= 15 is 0 Å². The number of hydrogen-bond acceptors (Lipinski definition) is 1. The zero-order valence-electron chi connectivity index (χ0n) is 8.73. The third kappa shape index (κ3) is 3.10. The van der Waals surface area contributed by atoms with Gasteiger partial charge in [0.1, 0.15) is 0 Å². The van der Waals surface area contributed by atoms with Gasteiger partial charge < -0.3 is 0 Å². The highest BCUT2D eigenvalue weighted by molar-refractivity contribution is 7.98. The molecule has 0 radical (unpaired) electrons. The van der Waals surface area contributed by atoms with Crippen molar-refractivity contribution in [1.82, 2.24) is 0 Å². The first kappa shape index (κ1) is 10.2. The van der Waals surface area contributed by atoms with Gasteiger partial charge in [-0.2, -0.15) is 0 Å². The van der Waals surface area contributed by atoms with Crippen molar-refractivity contribution in [2.75, 3.05) is 0 Å². The van der Waals surface area contributed by atoms with Crippen LogP contribution < -0.4 is 4.98 Å². The van der Waals surface area contributed by atoms with Crippen LogP contribution in [0.1, 0.15) is 11.3 Å². The van der Waals surface area contributed by atoms with Crippen molar-refractivity contribution in [3.63, 3.8) is 0 Å². The van der Waals surface area contributed by atoms with E-state index in [4.69, 9.17) is 0 Å². The van der Waals surface area contributed by atoms with E-state index < -0.39 is 0 Å². The Morgan fingerprint density at radius 2 is 1.87 bits per heavy atom. The molecule has 1 heterocycles. The lowest BCUT2D eigenvalue weighted by molar-refractivity contribution is -0.388. The van der Waals surface area contributed by atoms with Crippen molar-refractivity contribution >= 4 is 11.8 Å². The molecule has 0 fully saturated rings. The van der Waals surface area contributed by atoms with Crippen LogP contribution in [0.3, 0.4) is 0 Å². The molecule has 0 bridgehead atoms. The third-order valence-corrected chi connectivity index (χ3v) is 3.25. The molecule has 0 spiro atoms. The van der Waals surface area contributed by atoms with Crippen LogP contribution in [-0.4, -0.2) is 0 Å². The summed E-state index contributed by atoms with van der Waals surface area (Å²) in [5, 5.41) is 0. The van der Waals surface area contributed by atoms with Gasteiger partial charge >= 0.3 is 0 Å². The molecule has 0 saturated heterocycles. The maximum atomic E-state index is 3.23. The highest BCUT2D eigenvalue weighted by Crippen LogP contribution is 2.21. The predicted octanol–water partition coefficient (Wildman–Crippen LogP) is 3.10. The topological polar surface area (TPSA) is 14.1 Å². The SMILES string of the molecule is Cc1ccc(SCc2cccc[nH+]2)cc1. The van der Waals surface area contributed by atoms with Gasteiger partial charge in [-0.3, -0.25) is 0 Å². The van der Waals surface area contributed by atoms with Crippen molar-refractivity contribution in [3.8, 4) is 0 Å². The smallest absolute Gasteiger partial charge is 0.189 e. The minimum atomic E-state index is 0.990. The van der Waals surface area contributed by atoms with Crippen LogP contribution >= 0.6 is 11.8 Å². The number of aromatic nitrogens is 1. The fourth-order valence-electron chi connectivity index (χ4n) is 1.32. The van der Waals surface area contributed by atoms with Crippen molar-refractivity contribution in [2.24, 2.45) is 0 Å². The van der Waals surface area contributed by atoms with E-state index in [1.807, 2.05) is 24.0 Å². The monoisotopic (exact) mass is 216 g/mol. The van der Waals surface area contributed by atoms with E-state index in [0.717, 1.165) is 5.75 Å². The van der Waals surface area contributed by atoms with Gasteiger partial charge in [-0.1, -0.05) is 23.8 Å². The molecule has 0 saturated carbocycles. The fraction of sp³-hybridized carbons (Fsp3) is 0.154. The van der Waals surface area contributed by atoms with Crippen molar-refractivity contribution in [2.45, 2.75) is 17.6 Å². The highest BCUT2D eigenvalue weighted by Gasteiger charge is 2.00. The second-order valence-electron chi connectivity index (χ2n) is 3.49. The molecule has 0 amide bonds. The lowest BCUT2D eigenvalue weighted by atomic mass is 10.2. The minimum Gasteiger partial charge on any atom is -0.214 e. The Morgan fingerprint density at radius 1 is 1.07 bits per heavy atom. The number of aryl methyl sites for hydroxylation is 1. The van der Waals surface area contributed by atoms with E-state index in [-0.39, 0.29) is 0 Å². The van der Waals surface area contributed by atoms with Gasteiger partial charge in [0.2, 0.25) is 0 Å². The van der Waals surface area contributed by atoms with Gasteiger partial charge in [0.25, 0.3) is 0 Å². The molecule has 1 nitrogen and oxygen atoms in total. The third-order valence-electron chi connectivity index (χ3n) is 2.19. The Bertz CT molecular complexity index is 408. The largest absolute Gasteiger partial charge is 0.214 e. The Hall–Kier alpha value is -1.28. The first-order valence-electron chi connectivity index (χ1n) is 5.00. The number of hydrogen-bond donors (Lipinski definition) is 0. The van der Waals surface area contributed by atoms with Crippen molar-refractivity contribution < 1.29 is 4.98 Å². The zero-order valence-corrected chi connectivity index (χ0v) is 9.55. The number of aromatic amines is 1. The molecule has 76 valence electrons. The molecule has 2 heteroatoms. The summed E-state index contributed by atoms with van der Waals surface area (Å²) in [4.78, 5) is 4.55. The molecular weight excluding hydrogens is 202 g/mol. The average Bonchev–Trinajstić information content (AvgIpc) is 2.30. The molecule has 1 N–H and O–H groups in total. The summed E-state index contributed by atoms with van der Waals surface area (Å²) in [6.45, 7) is 2.11. The van der Waals surface area contributed by atoms with Crippen LogP contribution in [0.25, 0.3) is 0 Å². The van der Waals surface area contributed by atoms with Gasteiger partial charge in [0.05, 0.1) is 5.75 Å². The Morgan fingerprint density at radius 3 is 2.53 bits per heavy atom. The molecule has 0 aliphatic carbocycles. The second-order valence-corrected chi connectivity index (χ2v) is 4.54. The Balaban J connectivity index is 1.96. The molecule has 15 heavy (non-hydrogen) atoms. The van der Waals surface area contributed by atoms with Crippen LogP contribution in [0.4, 0.5) is 0 Å². The van der Waals surface area contributed by atoms with Crippen LogP contribution in [-0.2, 0) is 5.75 Å². The lowest BCUT2D eigenvalue weighted by Crippen LogP contribution is -2.07. The summed E-state index contributed by atoms with van der Waals surface area (Å²) >= 11 is 1.85. The Kier molecular flexibility index (Phi) is 3.41. The van der Waals surface area contributed by atoms with Gasteiger partial charge in [-0.05, 0) is 19.1 Å². The van der Waals surface area contributed by atoms with Gasteiger partial charge in [-0.15, -0.1) is 11.8 Å². The van der Waals surface area contributed by atoms with E-state index in [1.165, 1.54) is 16.2 Å². The summed E-state index contributed by atoms with van der Waals surface area (Å²) in [6, 6.07) is 14.8. The molecule has 0 aliphatic heterocycles. The summed E-state index contributed by atoms with van der Waals surface area (Å²) in [7, 11) is 0. The van der Waals surface area contributed by atoms with E-state index in [9.17, 15) is 0 Å². The number of pyridine rings is 1. The van der Waals surface area contributed by atoms with Crippen molar-refractivity contribution in [1.29, 1.82) is 0 Å². The molecule has 1 aromatic heterocycles. The summed E-state index contributed by atoms with van der Waals surface area (Å²) in [5.74, 6) is 0.990. The van der Waals surface area contributed by atoms with E-state index in [0.29, 0.717) is 0 Å². The predicted molar refractivity (Wildman–Crippen MR) is 63.7 cm³/mol. The van der Waals surface area contributed by atoms with Gasteiger partial charge in [0, 0.05) is 17.0 Å². The van der Waals surface area contributed by atoms with Gasteiger partial charge in [0.15, 0.2) is 11.9 Å².